The summed E-state index contributed by atoms with van der Waals surface area (Å²) in [5, 5.41) is 0.571. The minimum Gasteiger partial charge on any atom is -0.286 e. The van der Waals surface area contributed by atoms with E-state index in [1.807, 2.05) is 0 Å². The molecule has 118 valence electrons. The first kappa shape index (κ1) is 21.6. The van der Waals surface area contributed by atoms with E-state index in [9.17, 15) is 8.42 Å². The van der Waals surface area contributed by atoms with Crippen molar-refractivity contribution < 1.29 is 13.0 Å². The molecule has 0 spiro atoms. The lowest BCUT2D eigenvalue weighted by Gasteiger charge is -2.29. The summed E-state index contributed by atoms with van der Waals surface area (Å²) in [4.78, 5) is 0. The van der Waals surface area contributed by atoms with Gasteiger partial charge in [-0.3, -0.25) is 4.55 Å². The van der Waals surface area contributed by atoms with E-state index < -0.39 is 10.1 Å². The van der Waals surface area contributed by atoms with Crippen molar-refractivity contribution in [2.75, 3.05) is 6.26 Å². The molecule has 1 atom stereocenters. The van der Waals surface area contributed by atoms with Gasteiger partial charge in [-0.1, -0.05) is 59.3 Å². The lowest BCUT2D eigenvalue weighted by atomic mass is 9.90. The molecule has 0 rings (SSSR count). The molecule has 0 aliphatic rings. The summed E-state index contributed by atoms with van der Waals surface area (Å²) in [5.74, 6) is 0. The number of hydrogen-bond donors (Lipinski definition) is 1. The zero-order chi connectivity index (χ0) is 15.4. The van der Waals surface area contributed by atoms with Crippen LogP contribution in [0.2, 0.25) is 0 Å². The summed E-state index contributed by atoms with van der Waals surface area (Å²) in [7, 11) is -0.501. The van der Waals surface area contributed by atoms with Gasteiger partial charge in [0, 0.05) is 0 Å². The summed E-state index contributed by atoms with van der Waals surface area (Å²) < 4.78 is 25.9. The molecule has 1 N–H and O–H groups in total. The van der Waals surface area contributed by atoms with E-state index in [0.717, 1.165) is 0 Å². The highest BCUT2D eigenvalue weighted by Gasteiger charge is 2.22. The molecule has 0 saturated heterocycles. The van der Waals surface area contributed by atoms with Crippen molar-refractivity contribution in [3.63, 3.8) is 0 Å². The van der Waals surface area contributed by atoms with Gasteiger partial charge in [-0.2, -0.15) is 8.42 Å². The first-order valence-electron chi connectivity index (χ1n) is 7.39. The molecule has 1 unspecified atom stereocenters. The third-order valence-electron chi connectivity index (χ3n) is 3.08. The zero-order valence-corrected chi connectivity index (χ0v) is 15.1. The van der Waals surface area contributed by atoms with Crippen LogP contribution in [0.25, 0.3) is 0 Å². The Labute approximate surface area is 122 Å². The normalized spacial score (nSPS) is 11.9. The third-order valence-corrected chi connectivity index (χ3v) is 3.95. The van der Waals surface area contributed by atoms with Gasteiger partial charge >= 0.3 is 0 Å². The molecule has 0 bridgehead atoms. The first-order valence-corrected chi connectivity index (χ1v) is 9.82. The summed E-state index contributed by atoms with van der Waals surface area (Å²) >= 11 is 0. The molecular formula is C14H33O3PS. The van der Waals surface area contributed by atoms with Gasteiger partial charge in [0.2, 0.25) is 0 Å². The molecule has 5 heteroatoms. The van der Waals surface area contributed by atoms with Crippen molar-refractivity contribution in [1.29, 1.82) is 0 Å². The van der Waals surface area contributed by atoms with E-state index in [2.05, 4.69) is 30.0 Å². The summed E-state index contributed by atoms with van der Waals surface area (Å²) in [6.07, 6.45) is 13.2. The summed E-state index contributed by atoms with van der Waals surface area (Å²) in [6, 6.07) is 0. The summed E-state index contributed by atoms with van der Waals surface area (Å²) in [6.45, 7) is 6.89. The monoisotopic (exact) mass is 312 g/mol. The Morgan fingerprint density at radius 3 is 1.26 bits per heavy atom. The average Bonchev–Trinajstić information content (AvgIpc) is 2.30. The fourth-order valence-electron chi connectivity index (χ4n) is 1.96. The highest BCUT2D eigenvalue weighted by Crippen LogP contribution is 2.36. The van der Waals surface area contributed by atoms with Crippen LogP contribution >= 0.6 is 9.24 Å². The van der Waals surface area contributed by atoms with E-state index in [1.54, 1.807) is 0 Å². The Hall–Kier alpha value is 0.340. The van der Waals surface area contributed by atoms with Crippen molar-refractivity contribution in [2.24, 2.45) is 0 Å². The van der Waals surface area contributed by atoms with Crippen LogP contribution in [0.1, 0.15) is 78.6 Å². The Morgan fingerprint density at radius 2 is 1.11 bits per heavy atom. The molecule has 0 aliphatic carbocycles. The van der Waals surface area contributed by atoms with Crippen LogP contribution in [-0.2, 0) is 10.1 Å². The largest absolute Gasteiger partial charge is 0.286 e. The molecule has 19 heavy (non-hydrogen) atoms. The maximum absolute atomic E-state index is 9.19. The molecule has 3 nitrogen and oxygen atoms in total. The van der Waals surface area contributed by atoms with Crippen molar-refractivity contribution in [3.05, 3.63) is 0 Å². The fourth-order valence-corrected chi connectivity index (χ4v) is 2.57. The van der Waals surface area contributed by atoms with E-state index in [4.69, 9.17) is 4.55 Å². The maximum Gasteiger partial charge on any atom is 0.261 e. The molecule has 0 aliphatic heterocycles. The van der Waals surface area contributed by atoms with Crippen LogP contribution in [0.15, 0.2) is 0 Å². The second kappa shape index (κ2) is 12.1. The van der Waals surface area contributed by atoms with Gasteiger partial charge < -0.3 is 0 Å². The molecule has 0 amide bonds. The molecule has 0 saturated carbocycles. The lowest BCUT2D eigenvalue weighted by molar-refractivity contribution is 0.424. The van der Waals surface area contributed by atoms with Gasteiger partial charge in [0.1, 0.15) is 0 Å². The van der Waals surface area contributed by atoms with Crippen LogP contribution in [0.5, 0.6) is 0 Å². The topological polar surface area (TPSA) is 54.4 Å². The van der Waals surface area contributed by atoms with E-state index in [1.165, 1.54) is 57.8 Å². The van der Waals surface area contributed by atoms with E-state index in [0.29, 0.717) is 11.4 Å². The Kier molecular flexibility index (Phi) is 13.8. The smallest absolute Gasteiger partial charge is 0.261 e. The van der Waals surface area contributed by atoms with Crippen LogP contribution < -0.4 is 0 Å². The van der Waals surface area contributed by atoms with Gasteiger partial charge in [-0.25, -0.2) is 0 Å². The zero-order valence-electron chi connectivity index (χ0n) is 13.1. The molecule has 0 aromatic rings. The van der Waals surface area contributed by atoms with Crippen molar-refractivity contribution >= 4 is 19.4 Å². The molecule has 0 fully saturated rings. The number of hydrogen-bond acceptors (Lipinski definition) is 2. The summed E-state index contributed by atoms with van der Waals surface area (Å²) in [5.41, 5.74) is 0. The molecule has 0 aromatic heterocycles. The fraction of sp³-hybridized carbons (Fsp3) is 1.00. The Morgan fingerprint density at radius 1 is 0.895 bits per heavy atom. The highest BCUT2D eigenvalue weighted by atomic mass is 32.2. The quantitative estimate of drug-likeness (QED) is 0.497. The molecule has 0 aromatic carbocycles. The van der Waals surface area contributed by atoms with Gasteiger partial charge in [0.05, 0.1) is 6.26 Å². The maximum atomic E-state index is 9.19. The van der Waals surface area contributed by atoms with Crippen molar-refractivity contribution in [1.82, 2.24) is 0 Å². The van der Waals surface area contributed by atoms with Crippen molar-refractivity contribution in [3.8, 4) is 0 Å². The van der Waals surface area contributed by atoms with Gasteiger partial charge in [0.25, 0.3) is 10.1 Å². The first-order chi connectivity index (χ1) is 8.68. The number of unbranched alkanes of at least 4 members (excludes halogenated alkanes) is 3. The van der Waals surface area contributed by atoms with Crippen LogP contribution in [0.3, 0.4) is 0 Å². The Bertz CT molecular complexity index is 259. The van der Waals surface area contributed by atoms with Gasteiger partial charge in [-0.05, 0) is 24.4 Å². The van der Waals surface area contributed by atoms with Gasteiger partial charge in [-0.15, -0.1) is 9.24 Å². The SMILES string of the molecule is CCCCC(P)(CCCC)CCCC.CS(=O)(=O)O. The predicted molar refractivity (Wildman–Crippen MR) is 88.5 cm³/mol. The minimum absolute atomic E-state index is 0.571. The van der Waals surface area contributed by atoms with E-state index in [-0.39, 0.29) is 0 Å². The lowest BCUT2D eigenvalue weighted by Crippen LogP contribution is -2.20. The third kappa shape index (κ3) is 20.8. The second-order valence-corrected chi connectivity index (χ2v) is 8.10. The standard InChI is InChI=1S/C13H29P.CH4O3S/c1-4-7-10-13(14,11-8-5-2)12-9-6-3;1-5(2,3)4/h4-12,14H2,1-3H3;1H3,(H,2,3,4). The van der Waals surface area contributed by atoms with Crippen molar-refractivity contribution in [2.45, 2.75) is 83.7 Å². The minimum atomic E-state index is -3.67. The highest BCUT2D eigenvalue weighted by molar-refractivity contribution is 7.85. The number of rotatable bonds is 9. The van der Waals surface area contributed by atoms with Crippen LogP contribution in [0.4, 0.5) is 0 Å². The molecule has 0 heterocycles. The predicted octanol–water partition coefficient (Wildman–Crippen LogP) is 4.67. The second-order valence-electron chi connectivity index (χ2n) is 5.41. The average molecular weight is 312 g/mol. The molecular weight excluding hydrogens is 279 g/mol. The van der Waals surface area contributed by atoms with Gasteiger partial charge in [0.15, 0.2) is 0 Å². The Balaban J connectivity index is 0. The van der Waals surface area contributed by atoms with Crippen LogP contribution in [0, 0.1) is 0 Å². The molecule has 0 radical (unpaired) electrons. The van der Waals surface area contributed by atoms with E-state index >= 15 is 0 Å². The van der Waals surface area contributed by atoms with Crippen LogP contribution in [-0.4, -0.2) is 24.4 Å².